The van der Waals surface area contributed by atoms with Gasteiger partial charge in [-0.05, 0) is 31.5 Å². The number of nitrogens with one attached hydrogen (secondary N) is 1. The number of rotatable bonds is 9. The van der Waals surface area contributed by atoms with Crippen molar-refractivity contribution in [2.24, 2.45) is 0 Å². The zero-order valence-electron chi connectivity index (χ0n) is 19.7. The summed E-state index contributed by atoms with van der Waals surface area (Å²) < 4.78 is 6.92. The van der Waals surface area contributed by atoms with Crippen LogP contribution in [0.3, 0.4) is 0 Å². The summed E-state index contributed by atoms with van der Waals surface area (Å²) in [5.74, 6) is 0.629. The fourth-order valence-electron chi connectivity index (χ4n) is 4.21. The number of nitrogens with zero attached hydrogens (tertiary/aromatic N) is 3. The summed E-state index contributed by atoms with van der Waals surface area (Å²) in [4.78, 5) is 21.3. The summed E-state index contributed by atoms with van der Waals surface area (Å²) in [5, 5.41) is 24.0. The lowest BCUT2D eigenvalue weighted by Gasteiger charge is -2.35. The molecule has 3 aromatic rings. The molecule has 182 valence electrons. The van der Waals surface area contributed by atoms with Crippen LogP contribution in [0.15, 0.2) is 36.4 Å². The second-order valence-electron chi connectivity index (χ2n) is 8.72. The van der Waals surface area contributed by atoms with Crippen LogP contribution in [0.5, 0.6) is 5.75 Å². The molecule has 1 fully saturated rings. The molecule has 1 aromatic heterocycles. The molecule has 1 aliphatic heterocycles. The van der Waals surface area contributed by atoms with Gasteiger partial charge in [0, 0.05) is 50.0 Å². The van der Waals surface area contributed by atoms with Gasteiger partial charge in [0.15, 0.2) is 0 Å². The number of carbonyl (C=O) groups excluding carboxylic acids is 1. The molecule has 1 atom stereocenters. The Bertz CT molecular complexity index is 1130. The van der Waals surface area contributed by atoms with Gasteiger partial charge in [-0.1, -0.05) is 18.2 Å². The van der Waals surface area contributed by atoms with Crippen LogP contribution in [-0.2, 0) is 11.4 Å². The number of β-amino-alcohol motifs (C(OH)–C–C–N with tert-alkyl or cyclic N) is 1. The third-order valence-electron chi connectivity index (χ3n) is 6.00. The highest BCUT2D eigenvalue weighted by molar-refractivity contribution is 7.18. The molecule has 0 saturated carbocycles. The van der Waals surface area contributed by atoms with Crippen LogP contribution in [0.2, 0.25) is 0 Å². The molecule has 1 saturated heterocycles. The van der Waals surface area contributed by atoms with E-state index in [9.17, 15) is 15.0 Å². The zero-order chi connectivity index (χ0) is 24.1. The van der Waals surface area contributed by atoms with Crippen molar-refractivity contribution in [3.63, 3.8) is 0 Å². The lowest BCUT2D eigenvalue weighted by molar-refractivity contribution is -0.117. The summed E-state index contributed by atoms with van der Waals surface area (Å²) in [6.45, 7) is 7.91. The number of piperazine rings is 1. The number of anilines is 1. The van der Waals surface area contributed by atoms with E-state index in [4.69, 9.17) is 4.74 Å². The zero-order valence-corrected chi connectivity index (χ0v) is 20.5. The van der Waals surface area contributed by atoms with E-state index in [0.29, 0.717) is 24.5 Å². The summed E-state index contributed by atoms with van der Waals surface area (Å²) in [6, 6.07) is 11.4. The molecule has 0 spiro atoms. The van der Waals surface area contributed by atoms with Crippen molar-refractivity contribution in [1.82, 2.24) is 14.8 Å². The van der Waals surface area contributed by atoms with E-state index in [0.717, 1.165) is 52.5 Å². The first kappa shape index (κ1) is 24.6. The molecular formula is C25H32N4O4S. The van der Waals surface area contributed by atoms with Crippen LogP contribution >= 0.6 is 11.3 Å². The number of hydrogen-bond acceptors (Lipinski definition) is 8. The van der Waals surface area contributed by atoms with E-state index in [1.54, 1.807) is 11.3 Å². The van der Waals surface area contributed by atoms with Crippen LogP contribution in [0, 0.1) is 13.8 Å². The van der Waals surface area contributed by atoms with Gasteiger partial charge >= 0.3 is 0 Å². The molecule has 0 aliphatic carbocycles. The van der Waals surface area contributed by atoms with Gasteiger partial charge in [0.1, 0.15) is 18.5 Å². The normalized spacial score (nSPS) is 16.0. The fraction of sp³-hybridized carbons (Fsp3) is 0.440. The second-order valence-corrected chi connectivity index (χ2v) is 9.95. The van der Waals surface area contributed by atoms with Crippen molar-refractivity contribution in [2.75, 3.05) is 51.2 Å². The average Bonchev–Trinajstić information content (AvgIpc) is 3.19. The summed E-state index contributed by atoms with van der Waals surface area (Å²) in [5.41, 5.74) is 3.27. The van der Waals surface area contributed by atoms with Crippen LogP contribution in [0.25, 0.3) is 10.2 Å². The van der Waals surface area contributed by atoms with Crippen molar-refractivity contribution in [3.05, 3.63) is 52.5 Å². The second kappa shape index (κ2) is 11.2. The van der Waals surface area contributed by atoms with E-state index < -0.39 is 6.10 Å². The van der Waals surface area contributed by atoms with Gasteiger partial charge in [-0.2, -0.15) is 0 Å². The Morgan fingerprint density at radius 2 is 1.94 bits per heavy atom. The summed E-state index contributed by atoms with van der Waals surface area (Å²) >= 11 is 1.65. The lowest BCUT2D eigenvalue weighted by Crippen LogP contribution is -2.50. The summed E-state index contributed by atoms with van der Waals surface area (Å²) in [6.07, 6.45) is -0.597. The Labute approximate surface area is 203 Å². The monoisotopic (exact) mass is 484 g/mol. The smallest absolute Gasteiger partial charge is 0.238 e. The predicted octanol–water partition coefficient (Wildman–Crippen LogP) is 2.40. The van der Waals surface area contributed by atoms with Crippen LogP contribution in [0.4, 0.5) is 5.69 Å². The van der Waals surface area contributed by atoms with Crippen LogP contribution < -0.4 is 10.1 Å². The van der Waals surface area contributed by atoms with E-state index in [1.165, 1.54) is 0 Å². The van der Waals surface area contributed by atoms with Gasteiger partial charge in [-0.25, -0.2) is 4.98 Å². The molecule has 1 aliphatic rings. The number of thiazole rings is 1. The first-order chi connectivity index (χ1) is 16.4. The molecule has 4 rings (SSSR count). The molecular weight excluding hydrogens is 452 g/mol. The maximum absolute atomic E-state index is 12.6. The van der Waals surface area contributed by atoms with Gasteiger partial charge in [0.25, 0.3) is 0 Å². The van der Waals surface area contributed by atoms with Crippen LogP contribution in [-0.4, -0.2) is 82.9 Å². The first-order valence-corrected chi connectivity index (χ1v) is 12.3. The number of para-hydroxylation sites is 1. The van der Waals surface area contributed by atoms with E-state index >= 15 is 0 Å². The van der Waals surface area contributed by atoms with E-state index in [1.807, 2.05) is 50.2 Å². The maximum atomic E-state index is 12.6. The molecule has 8 nitrogen and oxygen atoms in total. The van der Waals surface area contributed by atoms with Gasteiger partial charge in [-0.3, -0.25) is 14.6 Å². The van der Waals surface area contributed by atoms with Crippen molar-refractivity contribution < 1.29 is 19.7 Å². The highest BCUT2D eigenvalue weighted by Crippen LogP contribution is 2.25. The van der Waals surface area contributed by atoms with Crippen molar-refractivity contribution in [3.8, 4) is 5.75 Å². The summed E-state index contributed by atoms with van der Waals surface area (Å²) in [7, 11) is 0. The molecule has 9 heteroatoms. The average molecular weight is 485 g/mol. The largest absolute Gasteiger partial charge is 0.491 e. The molecule has 0 radical (unpaired) electrons. The highest BCUT2D eigenvalue weighted by Gasteiger charge is 2.21. The molecule has 0 bridgehead atoms. The van der Waals surface area contributed by atoms with E-state index in [-0.39, 0.29) is 19.1 Å². The first-order valence-electron chi connectivity index (χ1n) is 11.5. The molecule has 1 unspecified atom stereocenters. The fourth-order valence-corrected chi connectivity index (χ4v) is 5.01. The van der Waals surface area contributed by atoms with Crippen molar-refractivity contribution in [1.29, 1.82) is 0 Å². The lowest BCUT2D eigenvalue weighted by atomic mass is 10.1. The van der Waals surface area contributed by atoms with Gasteiger partial charge < -0.3 is 20.3 Å². The van der Waals surface area contributed by atoms with Gasteiger partial charge in [-0.15, -0.1) is 11.3 Å². The minimum absolute atomic E-state index is 0.0850. The number of amides is 1. The number of fused-ring (bicyclic) bond motifs is 1. The predicted molar refractivity (Wildman–Crippen MR) is 134 cm³/mol. The number of aromatic nitrogens is 1. The SMILES string of the molecule is Cc1nc2cc(OCC(O)CN3CCN(CC(=O)Nc4c(C)cccc4CO)CC3)ccc2s1. The minimum atomic E-state index is -0.597. The van der Waals surface area contributed by atoms with Gasteiger partial charge in [0.2, 0.25) is 5.91 Å². The Morgan fingerprint density at radius 1 is 1.18 bits per heavy atom. The number of carbonyl (C=O) groups is 1. The molecule has 34 heavy (non-hydrogen) atoms. The van der Waals surface area contributed by atoms with Crippen molar-refractivity contribution >= 4 is 33.1 Å². The van der Waals surface area contributed by atoms with E-state index in [2.05, 4.69) is 20.1 Å². The highest BCUT2D eigenvalue weighted by atomic mass is 32.1. The number of aliphatic hydroxyl groups is 2. The molecule has 2 aromatic carbocycles. The number of benzene rings is 2. The number of aryl methyl sites for hydroxylation is 2. The standard InChI is InChI=1S/C25H32N4O4S/c1-17-4-3-5-19(15-30)25(17)27-24(32)14-29-10-8-28(9-11-29)13-20(31)16-33-21-6-7-23-22(12-21)26-18(2)34-23/h3-7,12,20,30-31H,8-11,13-16H2,1-2H3,(H,27,32). The third kappa shape index (κ3) is 6.31. The Morgan fingerprint density at radius 3 is 2.71 bits per heavy atom. The molecule has 3 N–H and O–H groups in total. The van der Waals surface area contributed by atoms with Gasteiger partial charge in [0.05, 0.1) is 28.4 Å². The third-order valence-corrected chi connectivity index (χ3v) is 6.96. The Hall–Kier alpha value is -2.56. The molecule has 2 heterocycles. The quantitative estimate of drug-likeness (QED) is 0.429. The Kier molecular flexibility index (Phi) is 8.12. The van der Waals surface area contributed by atoms with Crippen LogP contribution in [0.1, 0.15) is 16.1 Å². The topological polar surface area (TPSA) is 98.2 Å². The van der Waals surface area contributed by atoms with Crippen molar-refractivity contribution in [2.45, 2.75) is 26.6 Å². The molecule has 1 amide bonds. The number of hydrogen-bond donors (Lipinski definition) is 3. The number of ether oxygens (including phenoxy) is 1. The maximum Gasteiger partial charge on any atom is 0.238 e. The number of aliphatic hydroxyl groups excluding tert-OH is 2. The Balaban J connectivity index is 1.19. The minimum Gasteiger partial charge on any atom is -0.491 e.